The van der Waals surface area contributed by atoms with Crippen LogP contribution in [0.15, 0.2) is 64.5 Å². The number of rotatable bonds is 5. The number of benzene rings is 2. The van der Waals surface area contributed by atoms with Crippen LogP contribution >= 0.6 is 11.6 Å². The van der Waals surface area contributed by atoms with E-state index in [0.29, 0.717) is 21.7 Å². The maximum absolute atomic E-state index is 12.0. The second kappa shape index (κ2) is 8.29. The molecule has 0 aliphatic rings. The number of aromatic nitrogens is 1. The van der Waals surface area contributed by atoms with E-state index in [9.17, 15) is 14.4 Å². The molecule has 3 rings (SSSR count). The zero-order valence-corrected chi connectivity index (χ0v) is 14.8. The van der Waals surface area contributed by atoms with Crippen molar-refractivity contribution in [1.29, 1.82) is 0 Å². The topological polar surface area (TPSA) is 103 Å². The predicted molar refractivity (Wildman–Crippen MR) is 104 cm³/mol. The highest BCUT2D eigenvalue weighted by atomic mass is 35.5. The fourth-order valence-electron chi connectivity index (χ4n) is 2.37. The van der Waals surface area contributed by atoms with Crippen LogP contribution < -0.4 is 16.3 Å². The highest BCUT2D eigenvalue weighted by Crippen LogP contribution is 2.10. The number of carbonyl (C=O) groups excluding carboxylic acids is 2. The minimum Gasteiger partial charge on any atom is -0.343 e. The van der Waals surface area contributed by atoms with Crippen molar-refractivity contribution in [1.82, 2.24) is 15.7 Å². The van der Waals surface area contributed by atoms with Crippen molar-refractivity contribution in [3.63, 3.8) is 0 Å². The van der Waals surface area contributed by atoms with Crippen molar-refractivity contribution in [2.24, 2.45) is 5.10 Å². The highest BCUT2D eigenvalue weighted by Gasteiger charge is 2.08. The average Bonchev–Trinajstić information content (AvgIpc) is 2.66. The second-order valence-corrected chi connectivity index (χ2v) is 6.06. The lowest BCUT2D eigenvalue weighted by atomic mass is 10.2. The fraction of sp³-hybridized carbons (Fsp3) is 0.0526. The second-order valence-electron chi connectivity index (χ2n) is 5.63. The Bertz CT molecular complexity index is 1090. The van der Waals surface area contributed by atoms with Gasteiger partial charge in [0.2, 0.25) is 0 Å². The van der Waals surface area contributed by atoms with Gasteiger partial charge in [-0.05, 0) is 35.7 Å². The molecule has 8 heteroatoms. The van der Waals surface area contributed by atoms with Crippen molar-refractivity contribution in [3.8, 4) is 0 Å². The SMILES string of the molecule is O=C(CNC(=O)c1cccc(Cl)c1)N/N=C\c1cc2ccccc2[nH]c1=O. The van der Waals surface area contributed by atoms with Gasteiger partial charge in [0.05, 0.1) is 18.3 Å². The monoisotopic (exact) mass is 382 g/mol. The summed E-state index contributed by atoms with van der Waals surface area (Å²) in [7, 11) is 0. The Morgan fingerprint density at radius 3 is 2.74 bits per heavy atom. The van der Waals surface area contributed by atoms with Crippen LogP contribution in [0.1, 0.15) is 15.9 Å². The molecule has 0 saturated heterocycles. The molecular weight excluding hydrogens is 368 g/mol. The van der Waals surface area contributed by atoms with Gasteiger partial charge in [-0.1, -0.05) is 35.9 Å². The largest absolute Gasteiger partial charge is 0.343 e. The third kappa shape index (κ3) is 4.80. The van der Waals surface area contributed by atoms with Crippen molar-refractivity contribution in [2.45, 2.75) is 0 Å². The molecule has 0 bridgehead atoms. The molecule has 0 aliphatic carbocycles. The first-order valence-corrected chi connectivity index (χ1v) is 8.38. The van der Waals surface area contributed by atoms with Crippen LogP contribution in [0.5, 0.6) is 0 Å². The Kier molecular flexibility index (Phi) is 5.63. The molecule has 0 saturated carbocycles. The summed E-state index contributed by atoms with van der Waals surface area (Å²) in [6.45, 7) is -0.267. The number of nitrogens with zero attached hydrogens (tertiary/aromatic N) is 1. The van der Waals surface area contributed by atoms with E-state index >= 15 is 0 Å². The summed E-state index contributed by atoms with van der Waals surface area (Å²) >= 11 is 5.82. The van der Waals surface area contributed by atoms with Crippen molar-refractivity contribution >= 4 is 40.5 Å². The maximum atomic E-state index is 12.0. The van der Waals surface area contributed by atoms with Crippen LogP contribution in [0.4, 0.5) is 0 Å². The molecule has 2 amide bonds. The zero-order valence-electron chi connectivity index (χ0n) is 14.0. The Hall–Kier alpha value is -3.45. The Morgan fingerprint density at radius 2 is 1.93 bits per heavy atom. The maximum Gasteiger partial charge on any atom is 0.259 e. The number of H-pyrrole nitrogens is 1. The van der Waals surface area contributed by atoms with Crippen LogP contribution in [-0.4, -0.2) is 29.6 Å². The van der Waals surface area contributed by atoms with Crippen molar-refractivity contribution in [3.05, 3.63) is 81.1 Å². The van der Waals surface area contributed by atoms with Gasteiger partial charge in [-0.15, -0.1) is 0 Å². The summed E-state index contributed by atoms with van der Waals surface area (Å²) in [6, 6.07) is 15.4. The number of fused-ring (bicyclic) bond motifs is 1. The summed E-state index contributed by atoms with van der Waals surface area (Å²) in [6.07, 6.45) is 1.25. The molecule has 136 valence electrons. The number of pyridine rings is 1. The van der Waals surface area contributed by atoms with Gasteiger partial charge in [0, 0.05) is 16.1 Å². The molecule has 0 radical (unpaired) electrons. The molecule has 1 heterocycles. The number of nitrogens with one attached hydrogen (secondary N) is 3. The molecule has 27 heavy (non-hydrogen) atoms. The lowest BCUT2D eigenvalue weighted by Crippen LogP contribution is -2.35. The van der Waals surface area contributed by atoms with Gasteiger partial charge in [0.1, 0.15) is 0 Å². The molecule has 2 aromatic carbocycles. The fourth-order valence-corrected chi connectivity index (χ4v) is 2.56. The Balaban J connectivity index is 1.57. The first-order chi connectivity index (χ1) is 13.0. The predicted octanol–water partition coefficient (Wildman–Crippen LogP) is 2.06. The van der Waals surface area contributed by atoms with Gasteiger partial charge in [-0.2, -0.15) is 5.10 Å². The van der Waals surface area contributed by atoms with Crippen LogP contribution in [0.2, 0.25) is 5.02 Å². The smallest absolute Gasteiger partial charge is 0.259 e. The van der Waals surface area contributed by atoms with E-state index in [2.05, 4.69) is 20.8 Å². The molecule has 0 spiro atoms. The summed E-state index contributed by atoms with van der Waals surface area (Å²) in [5.74, 6) is -0.957. The summed E-state index contributed by atoms with van der Waals surface area (Å²) in [4.78, 5) is 38.4. The standard InChI is InChI=1S/C19H15ClN4O3/c20-15-6-3-5-13(9-15)18(26)21-11-17(25)24-22-10-14-8-12-4-1-2-7-16(12)23-19(14)27/h1-10H,11H2,(H,21,26)(H,23,27)(H,24,25)/b22-10-. The minimum absolute atomic E-state index is 0.267. The van der Waals surface area contributed by atoms with Gasteiger partial charge in [-0.3, -0.25) is 14.4 Å². The number of aromatic amines is 1. The lowest BCUT2D eigenvalue weighted by Gasteiger charge is -2.04. The summed E-state index contributed by atoms with van der Waals surface area (Å²) in [5, 5.41) is 7.49. The van der Waals surface area contributed by atoms with E-state index < -0.39 is 11.8 Å². The van der Waals surface area contributed by atoms with Crippen LogP contribution in [0.3, 0.4) is 0 Å². The Labute approximate surface area is 159 Å². The molecule has 0 unspecified atom stereocenters. The number of halogens is 1. The van der Waals surface area contributed by atoms with Gasteiger partial charge in [0.15, 0.2) is 0 Å². The van der Waals surface area contributed by atoms with Gasteiger partial charge >= 0.3 is 0 Å². The summed E-state index contributed by atoms with van der Waals surface area (Å²) < 4.78 is 0. The molecule has 7 nitrogen and oxygen atoms in total. The van der Waals surface area contributed by atoms with Gasteiger partial charge in [0.25, 0.3) is 17.4 Å². The van der Waals surface area contributed by atoms with Crippen LogP contribution in [0, 0.1) is 0 Å². The lowest BCUT2D eigenvalue weighted by molar-refractivity contribution is -0.120. The van der Waals surface area contributed by atoms with E-state index in [4.69, 9.17) is 11.6 Å². The highest BCUT2D eigenvalue weighted by molar-refractivity contribution is 6.31. The normalized spacial score (nSPS) is 10.9. The minimum atomic E-state index is -0.529. The number of hydrogen-bond acceptors (Lipinski definition) is 4. The van der Waals surface area contributed by atoms with E-state index in [1.165, 1.54) is 12.3 Å². The molecule has 0 fully saturated rings. The van der Waals surface area contributed by atoms with Crippen LogP contribution in [-0.2, 0) is 4.79 Å². The third-order valence-electron chi connectivity index (χ3n) is 3.67. The van der Waals surface area contributed by atoms with Gasteiger partial charge < -0.3 is 10.3 Å². The number of hydrazone groups is 1. The Morgan fingerprint density at radius 1 is 1.11 bits per heavy atom. The number of para-hydroxylation sites is 1. The molecule has 3 aromatic rings. The van der Waals surface area contributed by atoms with E-state index in [-0.39, 0.29) is 12.1 Å². The van der Waals surface area contributed by atoms with E-state index in [0.717, 1.165) is 5.39 Å². The number of amides is 2. The molecular formula is C19H15ClN4O3. The molecule has 1 aromatic heterocycles. The zero-order chi connectivity index (χ0) is 19.2. The number of hydrogen-bond donors (Lipinski definition) is 3. The first-order valence-electron chi connectivity index (χ1n) is 8.01. The van der Waals surface area contributed by atoms with Crippen molar-refractivity contribution in [2.75, 3.05) is 6.54 Å². The summed E-state index contributed by atoms with van der Waals surface area (Å²) in [5.41, 5.74) is 3.31. The quantitative estimate of drug-likeness (QED) is 0.464. The average molecular weight is 383 g/mol. The van der Waals surface area contributed by atoms with Crippen LogP contribution in [0.25, 0.3) is 10.9 Å². The number of carbonyl (C=O) groups is 2. The third-order valence-corrected chi connectivity index (χ3v) is 3.91. The van der Waals surface area contributed by atoms with E-state index in [1.54, 1.807) is 30.3 Å². The van der Waals surface area contributed by atoms with E-state index in [1.807, 2.05) is 18.2 Å². The van der Waals surface area contributed by atoms with Crippen molar-refractivity contribution < 1.29 is 9.59 Å². The van der Waals surface area contributed by atoms with Gasteiger partial charge in [-0.25, -0.2) is 5.43 Å². The molecule has 0 atom stereocenters. The molecule has 0 aliphatic heterocycles. The first kappa shape index (κ1) is 18.3. The molecule has 3 N–H and O–H groups in total.